The molecule has 1 aliphatic rings. The molecule has 0 spiro atoms. The van der Waals surface area contributed by atoms with Crippen LogP contribution < -0.4 is 26.9 Å². The Bertz CT molecular complexity index is 1610. The van der Waals surface area contributed by atoms with Crippen LogP contribution in [-0.4, -0.2) is 73.7 Å². The van der Waals surface area contributed by atoms with Crippen molar-refractivity contribution in [3.8, 4) is 11.5 Å². The summed E-state index contributed by atoms with van der Waals surface area (Å²) in [6, 6.07) is 22.3. The van der Waals surface area contributed by atoms with E-state index in [0.29, 0.717) is 61.5 Å². The van der Waals surface area contributed by atoms with Gasteiger partial charge in [-0.3, -0.25) is 24.4 Å². The maximum atomic E-state index is 13.5. The number of esters is 1. The summed E-state index contributed by atoms with van der Waals surface area (Å²) in [5, 5.41) is 4.64. The number of hydrogen-bond acceptors (Lipinski definition) is 9. The van der Waals surface area contributed by atoms with Gasteiger partial charge in [-0.15, -0.1) is 0 Å². The number of nitrogens with two attached hydrogens (primary N) is 2. The van der Waals surface area contributed by atoms with Crippen LogP contribution in [0.5, 0.6) is 11.5 Å². The number of hydrazine groups is 1. The Labute approximate surface area is 273 Å². The standard InChI is InChI=1S/C31H36N6O5.CH4O3S/c1-2-41-30(40)23-15-17-37(18-16-23)36-29(39)27(35-28(38)22-11-13-24(14-12-22)34-31(32)33)20-21-7-6-10-26(19-21)42-25-8-4-3-5-9-25;1-5(2,3)4/h3-14,19,23,27H,2,15-18,20H2,1H3,(H,35,38)(H,36,39)(H4,32,33,34);1H3,(H,2,3,4). The molecule has 1 aliphatic heterocycles. The number of nitrogens with zero attached hydrogens (tertiary/aromatic N) is 2. The third-order valence-corrected chi connectivity index (χ3v) is 6.71. The van der Waals surface area contributed by atoms with E-state index in [4.69, 9.17) is 25.5 Å². The lowest BCUT2D eigenvalue weighted by molar-refractivity contribution is -0.150. The lowest BCUT2D eigenvalue weighted by atomic mass is 9.98. The van der Waals surface area contributed by atoms with E-state index >= 15 is 0 Å². The number of nitrogens with one attached hydrogen (secondary N) is 2. The summed E-state index contributed by atoms with van der Waals surface area (Å²) in [7, 11) is -3.67. The van der Waals surface area contributed by atoms with E-state index in [1.807, 2.05) is 54.6 Å². The molecule has 0 aliphatic carbocycles. The molecule has 15 heteroatoms. The van der Waals surface area contributed by atoms with Crippen LogP contribution >= 0.6 is 0 Å². The van der Waals surface area contributed by atoms with Gasteiger partial charge in [0.1, 0.15) is 17.5 Å². The van der Waals surface area contributed by atoms with E-state index in [1.54, 1.807) is 36.2 Å². The van der Waals surface area contributed by atoms with Gasteiger partial charge in [0.15, 0.2) is 5.96 Å². The van der Waals surface area contributed by atoms with E-state index in [1.165, 1.54) is 0 Å². The number of ether oxygens (including phenoxy) is 2. The zero-order valence-corrected chi connectivity index (χ0v) is 27.0. The average Bonchev–Trinajstić information content (AvgIpc) is 3.01. The Hall–Kier alpha value is -4.99. The van der Waals surface area contributed by atoms with Crippen molar-refractivity contribution in [3.63, 3.8) is 0 Å². The number of para-hydroxylation sites is 1. The molecule has 1 unspecified atom stereocenters. The van der Waals surface area contributed by atoms with E-state index in [9.17, 15) is 22.8 Å². The van der Waals surface area contributed by atoms with Gasteiger partial charge in [0.05, 0.1) is 24.5 Å². The summed E-state index contributed by atoms with van der Waals surface area (Å²) < 4.78 is 37.0. The fraction of sp³-hybridized carbons (Fsp3) is 0.312. The summed E-state index contributed by atoms with van der Waals surface area (Å²) in [4.78, 5) is 42.8. The smallest absolute Gasteiger partial charge is 0.309 e. The van der Waals surface area contributed by atoms with Crippen molar-refractivity contribution < 1.29 is 36.8 Å². The van der Waals surface area contributed by atoms with Gasteiger partial charge < -0.3 is 26.3 Å². The molecule has 1 heterocycles. The van der Waals surface area contributed by atoms with E-state index in [2.05, 4.69) is 15.7 Å². The van der Waals surface area contributed by atoms with Crippen LogP contribution in [0.15, 0.2) is 83.9 Å². The Balaban J connectivity index is 0.00000111. The van der Waals surface area contributed by atoms with E-state index in [-0.39, 0.29) is 30.2 Å². The molecular weight excluding hydrogens is 628 g/mol. The first kappa shape index (κ1) is 36.5. The van der Waals surface area contributed by atoms with Gasteiger partial charge in [-0.25, -0.2) is 10.0 Å². The number of aliphatic imine (C=N–C) groups is 1. The number of carbonyl (C=O) groups excluding carboxylic acids is 3. The van der Waals surface area contributed by atoms with Crippen LogP contribution in [0, 0.1) is 5.92 Å². The molecule has 252 valence electrons. The van der Waals surface area contributed by atoms with Crippen molar-refractivity contribution in [2.75, 3.05) is 26.0 Å². The number of hydrogen-bond donors (Lipinski definition) is 5. The monoisotopic (exact) mass is 668 g/mol. The van der Waals surface area contributed by atoms with E-state index < -0.39 is 22.1 Å². The quantitative estimate of drug-likeness (QED) is 0.0866. The van der Waals surface area contributed by atoms with Crippen molar-refractivity contribution in [1.29, 1.82) is 0 Å². The number of rotatable bonds is 11. The van der Waals surface area contributed by atoms with Crippen LogP contribution in [0.3, 0.4) is 0 Å². The lowest BCUT2D eigenvalue weighted by Gasteiger charge is -2.32. The van der Waals surface area contributed by atoms with Crippen LogP contribution in [0.1, 0.15) is 35.7 Å². The molecule has 0 bridgehead atoms. The van der Waals surface area contributed by atoms with Gasteiger partial charge in [0.25, 0.3) is 21.9 Å². The number of piperidine rings is 1. The van der Waals surface area contributed by atoms with Gasteiger partial charge in [0.2, 0.25) is 0 Å². The first-order valence-corrected chi connectivity index (χ1v) is 16.6. The second-order valence-electron chi connectivity index (χ2n) is 10.6. The van der Waals surface area contributed by atoms with E-state index in [0.717, 1.165) is 5.56 Å². The Kier molecular flexibility index (Phi) is 13.7. The largest absolute Gasteiger partial charge is 0.466 e. The Morgan fingerprint density at radius 2 is 1.60 bits per heavy atom. The molecule has 47 heavy (non-hydrogen) atoms. The fourth-order valence-electron chi connectivity index (χ4n) is 4.60. The van der Waals surface area contributed by atoms with Crippen molar-refractivity contribution in [1.82, 2.24) is 15.8 Å². The highest BCUT2D eigenvalue weighted by atomic mass is 32.2. The normalized spacial score (nSPS) is 14.0. The highest BCUT2D eigenvalue weighted by Gasteiger charge is 2.29. The molecule has 0 saturated carbocycles. The predicted octanol–water partition coefficient (Wildman–Crippen LogP) is 2.54. The van der Waals surface area contributed by atoms with Crippen LogP contribution in [0.4, 0.5) is 5.69 Å². The first-order chi connectivity index (χ1) is 22.3. The number of benzene rings is 3. The topological polar surface area (TPSA) is 216 Å². The van der Waals surface area contributed by atoms with Gasteiger partial charge in [-0.05, 0) is 73.9 Å². The first-order valence-electron chi connectivity index (χ1n) is 14.8. The summed E-state index contributed by atoms with van der Waals surface area (Å²) in [6.45, 7) is 3.10. The molecule has 14 nitrogen and oxygen atoms in total. The van der Waals surface area contributed by atoms with Gasteiger partial charge in [0, 0.05) is 25.1 Å². The minimum absolute atomic E-state index is 0.0892. The molecule has 7 N–H and O–H groups in total. The lowest BCUT2D eigenvalue weighted by Crippen LogP contribution is -2.55. The Morgan fingerprint density at radius 3 is 2.19 bits per heavy atom. The minimum atomic E-state index is -3.67. The molecule has 3 aromatic rings. The van der Waals surface area contributed by atoms with Crippen LogP contribution in [-0.2, 0) is 30.9 Å². The zero-order valence-electron chi connectivity index (χ0n) is 26.2. The summed E-state index contributed by atoms with van der Waals surface area (Å²) in [6.07, 6.45) is 2.07. The van der Waals surface area contributed by atoms with Crippen LogP contribution in [0.2, 0.25) is 0 Å². The average molecular weight is 669 g/mol. The molecule has 2 amide bonds. The second-order valence-corrected chi connectivity index (χ2v) is 12.1. The van der Waals surface area contributed by atoms with Crippen molar-refractivity contribution in [2.45, 2.75) is 32.2 Å². The molecule has 4 rings (SSSR count). The highest BCUT2D eigenvalue weighted by Crippen LogP contribution is 2.23. The zero-order chi connectivity index (χ0) is 34.4. The van der Waals surface area contributed by atoms with Crippen LogP contribution in [0.25, 0.3) is 0 Å². The summed E-state index contributed by atoms with van der Waals surface area (Å²) in [5.74, 6) is 0.00962. The minimum Gasteiger partial charge on any atom is -0.466 e. The van der Waals surface area contributed by atoms with Gasteiger partial charge in [-0.1, -0.05) is 30.3 Å². The summed E-state index contributed by atoms with van der Waals surface area (Å²) >= 11 is 0. The maximum Gasteiger partial charge on any atom is 0.309 e. The second kappa shape index (κ2) is 17.6. The molecule has 0 aromatic heterocycles. The van der Waals surface area contributed by atoms with Gasteiger partial charge in [-0.2, -0.15) is 8.42 Å². The number of carbonyl (C=O) groups is 3. The highest BCUT2D eigenvalue weighted by molar-refractivity contribution is 7.85. The third-order valence-electron chi connectivity index (χ3n) is 6.71. The molecule has 3 aromatic carbocycles. The predicted molar refractivity (Wildman–Crippen MR) is 176 cm³/mol. The molecular formula is C32H40N6O8S. The third kappa shape index (κ3) is 13.5. The molecule has 1 fully saturated rings. The van der Waals surface area contributed by atoms with Gasteiger partial charge >= 0.3 is 5.97 Å². The SMILES string of the molecule is CCOC(=O)C1CCN(NC(=O)C(Cc2cccc(Oc3ccccc3)c2)NC(=O)c2ccc(N=C(N)N)cc2)CC1.CS(=O)(=O)O. The number of guanidine groups is 1. The Morgan fingerprint density at radius 1 is 0.979 bits per heavy atom. The van der Waals surface area contributed by atoms with Crippen molar-refractivity contribution >= 4 is 39.5 Å². The number of amides is 2. The summed E-state index contributed by atoms with van der Waals surface area (Å²) in [5.41, 5.74) is 15.4. The van der Waals surface area contributed by atoms with Crippen molar-refractivity contribution in [3.05, 3.63) is 90.0 Å². The molecule has 1 saturated heterocycles. The maximum absolute atomic E-state index is 13.5. The van der Waals surface area contributed by atoms with Crippen molar-refractivity contribution in [2.24, 2.45) is 22.4 Å². The molecule has 1 atom stereocenters. The molecule has 0 radical (unpaired) electrons. The fourth-order valence-corrected chi connectivity index (χ4v) is 4.60.